The highest BCUT2D eigenvalue weighted by molar-refractivity contribution is 7.92. The summed E-state index contributed by atoms with van der Waals surface area (Å²) in [6, 6.07) is 18.6. The molecule has 0 aliphatic carbocycles. The highest BCUT2D eigenvalue weighted by atomic mass is 32.2. The molecule has 6 nitrogen and oxygen atoms in total. The van der Waals surface area contributed by atoms with E-state index in [1.165, 1.54) is 12.1 Å². The average molecular weight is 446 g/mol. The predicted octanol–water partition coefficient (Wildman–Crippen LogP) is 4.83. The van der Waals surface area contributed by atoms with Crippen molar-refractivity contribution >= 4 is 44.4 Å². The van der Waals surface area contributed by atoms with Gasteiger partial charge in [-0.3, -0.25) is 4.72 Å². The van der Waals surface area contributed by atoms with Crippen molar-refractivity contribution < 1.29 is 17.5 Å². The number of hydrogen-bond donors (Lipinski definition) is 3. The summed E-state index contributed by atoms with van der Waals surface area (Å²) >= 11 is 5.37. The summed E-state index contributed by atoms with van der Waals surface area (Å²) in [4.78, 5) is -0.0509. The maximum atomic E-state index is 13.1. The molecule has 0 atom stereocenters. The lowest BCUT2D eigenvalue weighted by Gasteiger charge is -2.17. The average Bonchev–Trinajstić information content (AvgIpc) is 2.71. The van der Waals surface area contributed by atoms with Crippen molar-refractivity contribution in [2.75, 3.05) is 22.0 Å². The van der Waals surface area contributed by atoms with Crippen molar-refractivity contribution in [1.29, 1.82) is 0 Å². The second kappa shape index (κ2) is 9.55. The van der Waals surface area contributed by atoms with Crippen LogP contribution in [0.15, 0.2) is 77.7 Å². The van der Waals surface area contributed by atoms with E-state index in [1.807, 2.05) is 31.2 Å². The number of rotatable bonds is 7. The fourth-order valence-electron chi connectivity index (χ4n) is 2.63. The van der Waals surface area contributed by atoms with Crippen LogP contribution in [0.5, 0.6) is 5.75 Å². The minimum Gasteiger partial charge on any atom is -0.492 e. The number of ether oxygens (including phenoxy) is 1. The van der Waals surface area contributed by atoms with Gasteiger partial charge in [0.25, 0.3) is 10.0 Å². The third kappa shape index (κ3) is 5.46. The van der Waals surface area contributed by atoms with Crippen LogP contribution < -0.4 is 20.1 Å². The van der Waals surface area contributed by atoms with E-state index < -0.39 is 15.8 Å². The van der Waals surface area contributed by atoms with Gasteiger partial charge >= 0.3 is 0 Å². The minimum atomic E-state index is -3.90. The van der Waals surface area contributed by atoms with Crippen LogP contribution in [0.2, 0.25) is 0 Å². The fraction of sp³-hybridized carbons (Fsp3) is 0.0952. The van der Waals surface area contributed by atoms with Crippen molar-refractivity contribution in [1.82, 2.24) is 0 Å². The van der Waals surface area contributed by atoms with Crippen molar-refractivity contribution in [2.45, 2.75) is 11.8 Å². The summed E-state index contributed by atoms with van der Waals surface area (Å²) in [6.45, 7) is 2.39. The van der Waals surface area contributed by atoms with Crippen LogP contribution in [0.25, 0.3) is 0 Å². The monoisotopic (exact) mass is 445 g/mol. The number of sulfonamides is 1. The largest absolute Gasteiger partial charge is 0.492 e. The summed E-state index contributed by atoms with van der Waals surface area (Å²) in [5.74, 6) is 0.134. The fourth-order valence-corrected chi connectivity index (χ4v) is 3.93. The molecule has 30 heavy (non-hydrogen) atoms. The highest BCUT2D eigenvalue weighted by Crippen LogP contribution is 2.27. The molecular formula is C21H20FN3O3S2. The molecule has 0 saturated carbocycles. The van der Waals surface area contributed by atoms with Gasteiger partial charge in [0.05, 0.1) is 28.6 Å². The molecule has 0 aliphatic heterocycles. The first-order chi connectivity index (χ1) is 14.4. The third-order valence-electron chi connectivity index (χ3n) is 3.98. The third-order valence-corrected chi connectivity index (χ3v) is 5.56. The minimum absolute atomic E-state index is 0.0509. The van der Waals surface area contributed by atoms with Crippen molar-refractivity contribution in [3.8, 4) is 5.75 Å². The molecule has 3 aromatic rings. The zero-order chi connectivity index (χ0) is 21.6. The predicted molar refractivity (Wildman–Crippen MR) is 121 cm³/mol. The zero-order valence-electron chi connectivity index (χ0n) is 16.1. The van der Waals surface area contributed by atoms with E-state index in [-0.39, 0.29) is 10.0 Å². The standard InChI is InChI=1S/C21H20FN3O3S2/c1-2-28-20-10-6-5-9-19(20)24-21(29)23-17-7-3-4-8-18(17)25-30(26,27)16-13-11-15(22)12-14-16/h3-14,25H,2H2,1H3,(H2,23,24,29). The molecule has 0 saturated heterocycles. The van der Waals surface area contributed by atoms with Gasteiger partial charge in [-0.05, 0) is 67.7 Å². The molecule has 9 heteroatoms. The van der Waals surface area contributed by atoms with Gasteiger partial charge in [-0.2, -0.15) is 0 Å². The van der Waals surface area contributed by atoms with E-state index >= 15 is 0 Å². The van der Waals surface area contributed by atoms with E-state index in [4.69, 9.17) is 17.0 Å². The molecule has 0 bridgehead atoms. The molecule has 0 fully saturated rings. The smallest absolute Gasteiger partial charge is 0.261 e. The Morgan fingerprint density at radius 3 is 2.13 bits per heavy atom. The molecular weight excluding hydrogens is 425 g/mol. The first-order valence-corrected chi connectivity index (χ1v) is 11.0. The van der Waals surface area contributed by atoms with Gasteiger partial charge in [0.1, 0.15) is 11.6 Å². The maximum Gasteiger partial charge on any atom is 0.261 e. The Morgan fingerprint density at radius 1 is 0.900 bits per heavy atom. The lowest BCUT2D eigenvalue weighted by Crippen LogP contribution is -2.21. The Morgan fingerprint density at radius 2 is 1.47 bits per heavy atom. The topological polar surface area (TPSA) is 79.5 Å². The first kappa shape index (κ1) is 21.5. The summed E-state index contributed by atoms with van der Waals surface area (Å²) < 4.78 is 46.4. The summed E-state index contributed by atoms with van der Waals surface area (Å²) in [7, 11) is -3.90. The van der Waals surface area contributed by atoms with Gasteiger partial charge < -0.3 is 15.4 Å². The van der Waals surface area contributed by atoms with Gasteiger partial charge in [-0.15, -0.1) is 0 Å². The Kier molecular flexibility index (Phi) is 6.86. The van der Waals surface area contributed by atoms with Gasteiger partial charge in [0.2, 0.25) is 0 Å². The highest BCUT2D eigenvalue weighted by Gasteiger charge is 2.16. The Labute approximate surface area is 180 Å². The summed E-state index contributed by atoms with van der Waals surface area (Å²) in [6.07, 6.45) is 0. The van der Waals surface area contributed by atoms with Gasteiger partial charge in [-0.25, -0.2) is 12.8 Å². The quantitative estimate of drug-likeness (QED) is 0.452. The first-order valence-electron chi connectivity index (χ1n) is 9.06. The second-order valence-corrected chi connectivity index (χ2v) is 8.20. The van der Waals surface area contributed by atoms with Crippen molar-refractivity contribution in [3.63, 3.8) is 0 Å². The Bertz CT molecular complexity index is 1140. The molecule has 0 amide bonds. The van der Waals surface area contributed by atoms with Crippen LogP contribution in [0.3, 0.4) is 0 Å². The Balaban J connectivity index is 1.77. The van der Waals surface area contributed by atoms with E-state index in [0.717, 1.165) is 12.1 Å². The molecule has 0 heterocycles. The SMILES string of the molecule is CCOc1ccccc1NC(=S)Nc1ccccc1NS(=O)(=O)c1ccc(F)cc1. The summed E-state index contributed by atoms with van der Waals surface area (Å²) in [5, 5.41) is 6.30. The van der Waals surface area contributed by atoms with E-state index in [2.05, 4.69) is 15.4 Å². The Hall–Kier alpha value is -3.17. The molecule has 0 aromatic heterocycles. The molecule has 0 unspecified atom stereocenters. The van der Waals surface area contributed by atoms with Crippen LogP contribution in [0.1, 0.15) is 6.92 Å². The number of halogens is 1. The lowest BCUT2D eigenvalue weighted by atomic mass is 10.2. The molecule has 0 radical (unpaired) electrons. The van der Waals surface area contributed by atoms with E-state index in [0.29, 0.717) is 29.4 Å². The van der Waals surface area contributed by atoms with E-state index in [9.17, 15) is 12.8 Å². The van der Waals surface area contributed by atoms with Crippen molar-refractivity contribution in [3.05, 3.63) is 78.6 Å². The van der Waals surface area contributed by atoms with Gasteiger partial charge in [0.15, 0.2) is 5.11 Å². The molecule has 3 aromatic carbocycles. The zero-order valence-corrected chi connectivity index (χ0v) is 17.7. The number of benzene rings is 3. The second-order valence-electron chi connectivity index (χ2n) is 6.11. The van der Waals surface area contributed by atoms with Crippen LogP contribution >= 0.6 is 12.2 Å². The lowest BCUT2D eigenvalue weighted by molar-refractivity contribution is 0.342. The van der Waals surface area contributed by atoms with Crippen LogP contribution in [0.4, 0.5) is 21.5 Å². The van der Waals surface area contributed by atoms with Crippen molar-refractivity contribution in [2.24, 2.45) is 0 Å². The van der Waals surface area contributed by atoms with Crippen LogP contribution in [-0.4, -0.2) is 20.1 Å². The molecule has 0 aliphatic rings. The number of thiocarbonyl (C=S) groups is 1. The van der Waals surface area contributed by atoms with Crippen LogP contribution in [-0.2, 0) is 10.0 Å². The number of anilines is 3. The summed E-state index contributed by atoms with van der Waals surface area (Å²) in [5.41, 5.74) is 1.43. The molecule has 156 valence electrons. The normalized spacial score (nSPS) is 10.9. The number of para-hydroxylation sites is 4. The molecule has 0 spiro atoms. The maximum absolute atomic E-state index is 13.1. The van der Waals surface area contributed by atoms with Gasteiger partial charge in [0, 0.05) is 0 Å². The molecule has 3 N–H and O–H groups in total. The molecule has 3 rings (SSSR count). The van der Waals surface area contributed by atoms with E-state index in [1.54, 1.807) is 24.3 Å². The number of nitrogens with one attached hydrogen (secondary N) is 3. The van der Waals surface area contributed by atoms with Crippen LogP contribution in [0, 0.1) is 5.82 Å². The number of hydrogen-bond acceptors (Lipinski definition) is 4. The van der Waals surface area contributed by atoms with Gasteiger partial charge in [-0.1, -0.05) is 24.3 Å².